The summed E-state index contributed by atoms with van der Waals surface area (Å²) in [6, 6.07) is 8.84. The topological polar surface area (TPSA) is 76.2 Å². The van der Waals surface area contributed by atoms with Gasteiger partial charge in [-0.15, -0.1) is 11.3 Å². The number of benzene rings is 1. The summed E-state index contributed by atoms with van der Waals surface area (Å²) in [5.41, 5.74) is 0.854. The third-order valence-corrected chi connectivity index (χ3v) is 8.69. The van der Waals surface area contributed by atoms with Crippen molar-refractivity contribution in [2.75, 3.05) is 39.4 Å². The molecule has 0 N–H and O–H groups in total. The van der Waals surface area contributed by atoms with Crippen LogP contribution in [0.2, 0.25) is 0 Å². The van der Waals surface area contributed by atoms with Crippen molar-refractivity contribution in [3.05, 3.63) is 39.7 Å². The van der Waals surface area contributed by atoms with Gasteiger partial charge >= 0.3 is 0 Å². The number of halogens is 1. The van der Waals surface area contributed by atoms with Crippen LogP contribution < -0.4 is 9.47 Å². The molecule has 2 aliphatic heterocycles. The zero-order valence-corrected chi connectivity index (χ0v) is 18.2. The molecule has 1 saturated heterocycles. The van der Waals surface area contributed by atoms with Gasteiger partial charge in [0.05, 0.1) is 10.2 Å². The Morgan fingerprint density at radius 1 is 1.04 bits per heavy atom. The fourth-order valence-electron chi connectivity index (χ4n) is 3.23. The van der Waals surface area contributed by atoms with Crippen molar-refractivity contribution in [2.24, 2.45) is 0 Å². The highest BCUT2D eigenvalue weighted by molar-refractivity contribution is 9.11. The lowest BCUT2D eigenvalue weighted by Crippen LogP contribution is -2.50. The van der Waals surface area contributed by atoms with Crippen molar-refractivity contribution in [2.45, 2.75) is 10.6 Å². The average molecular weight is 487 g/mol. The van der Waals surface area contributed by atoms with Gasteiger partial charge in [-0.1, -0.05) is 6.07 Å². The largest absolute Gasteiger partial charge is 0.486 e. The molecule has 0 unspecified atom stereocenters. The number of nitrogens with zero attached hydrogens (tertiary/aromatic N) is 2. The number of sulfonamides is 1. The minimum Gasteiger partial charge on any atom is -0.486 e. The number of amides is 1. The molecule has 28 heavy (non-hydrogen) atoms. The monoisotopic (exact) mass is 486 g/mol. The zero-order valence-electron chi connectivity index (χ0n) is 15.0. The van der Waals surface area contributed by atoms with Crippen molar-refractivity contribution in [3.8, 4) is 11.5 Å². The van der Waals surface area contributed by atoms with Gasteiger partial charge in [-0.2, -0.15) is 4.31 Å². The molecule has 7 nitrogen and oxygen atoms in total. The van der Waals surface area contributed by atoms with Gasteiger partial charge < -0.3 is 14.4 Å². The summed E-state index contributed by atoms with van der Waals surface area (Å²) in [5.74, 6) is 1.34. The number of rotatable bonds is 4. The second-order valence-corrected chi connectivity index (χ2v) is 11.1. The second kappa shape index (κ2) is 8.02. The maximum atomic E-state index is 12.7. The van der Waals surface area contributed by atoms with Gasteiger partial charge in [0.1, 0.15) is 17.4 Å². The summed E-state index contributed by atoms with van der Waals surface area (Å²) in [4.78, 5) is 14.4. The quantitative estimate of drug-likeness (QED) is 0.662. The smallest absolute Gasteiger partial charge is 0.252 e. The molecule has 0 saturated carbocycles. The van der Waals surface area contributed by atoms with Crippen LogP contribution >= 0.6 is 27.3 Å². The number of thiophene rings is 1. The van der Waals surface area contributed by atoms with Crippen LogP contribution in [0.4, 0.5) is 0 Å². The average Bonchev–Trinajstić information content (AvgIpc) is 3.15. The summed E-state index contributed by atoms with van der Waals surface area (Å²) in [7, 11) is -3.51. The molecule has 2 aromatic rings. The Labute approximate surface area is 176 Å². The van der Waals surface area contributed by atoms with E-state index in [1.807, 2.05) is 18.2 Å². The molecule has 10 heteroatoms. The van der Waals surface area contributed by atoms with Crippen LogP contribution in [-0.4, -0.2) is 62.9 Å². The summed E-state index contributed by atoms with van der Waals surface area (Å²) in [6.07, 6.45) is 0.251. The Balaban J connectivity index is 1.36. The van der Waals surface area contributed by atoms with Crippen molar-refractivity contribution in [3.63, 3.8) is 0 Å². The zero-order chi connectivity index (χ0) is 19.7. The number of carbonyl (C=O) groups excluding carboxylic acids is 1. The van der Waals surface area contributed by atoms with E-state index in [0.29, 0.717) is 55.1 Å². The SMILES string of the molecule is O=C(Cc1ccc2c(c1)OCCO2)N1CCN(S(=O)(=O)c2ccc(Br)s2)CC1. The maximum Gasteiger partial charge on any atom is 0.252 e. The van der Waals surface area contributed by atoms with Crippen molar-refractivity contribution >= 4 is 43.2 Å². The lowest BCUT2D eigenvalue weighted by atomic mass is 10.1. The van der Waals surface area contributed by atoms with Gasteiger partial charge in [0, 0.05) is 26.2 Å². The highest BCUT2D eigenvalue weighted by Crippen LogP contribution is 2.31. The standard InChI is InChI=1S/C18H19BrN2O5S2/c19-16-3-4-18(27-16)28(23,24)21-7-5-20(6-8-21)17(22)12-13-1-2-14-15(11-13)26-10-9-25-14/h1-4,11H,5-10,12H2. The molecule has 0 radical (unpaired) electrons. The Morgan fingerprint density at radius 3 is 2.43 bits per heavy atom. The predicted octanol–water partition coefficient (Wildman–Crippen LogP) is 2.36. The number of fused-ring (bicyclic) bond motifs is 1. The summed E-state index contributed by atoms with van der Waals surface area (Å²) < 4.78 is 39.0. The third kappa shape index (κ3) is 4.05. The van der Waals surface area contributed by atoms with Crippen LogP contribution in [0.1, 0.15) is 5.56 Å². The van der Waals surface area contributed by atoms with Gasteiger partial charge in [-0.05, 0) is 45.8 Å². The molecule has 0 spiro atoms. The molecule has 1 aromatic heterocycles. The number of piperazine rings is 1. The Bertz CT molecular complexity index is 984. The minimum atomic E-state index is -3.51. The van der Waals surface area contributed by atoms with Gasteiger partial charge in [0.15, 0.2) is 11.5 Å². The van der Waals surface area contributed by atoms with Crippen LogP contribution in [-0.2, 0) is 21.2 Å². The van der Waals surface area contributed by atoms with Gasteiger partial charge in [0.25, 0.3) is 10.0 Å². The van der Waals surface area contributed by atoms with Crippen LogP contribution in [0.25, 0.3) is 0 Å². The normalized spacial score (nSPS) is 17.5. The van der Waals surface area contributed by atoms with Gasteiger partial charge in [0.2, 0.25) is 5.91 Å². The molecule has 2 aliphatic rings. The van der Waals surface area contributed by atoms with Crippen molar-refractivity contribution < 1.29 is 22.7 Å². The first-order valence-electron chi connectivity index (χ1n) is 8.85. The predicted molar refractivity (Wildman–Crippen MR) is 108 cm³/mol. The van der Waals surface area contributed by atoms with Crippen molar-refractivity contribution in [1.82, 2.24) is 9.21 Å². The van der Waals surface area contributed by atoms with Crippen LogP contribution in [0, 0.1) is 0 Å². The first-order chi connectivity index (χ1) is 13.4. The van der Waals surface area contributed by atoms with E-state index in [1.165, 1.54) is 15.6 Å². The Morgan fingerprint density at radius 2 is 1.75 bits per heavy atom. The fraction of sp³-hybridized carbons (Fsp3) is 0.389. The van der Waals surface area contributed by atoms with Crippen molar-refractivity contribution in [1.29, 1.82) is 0 Å². The van der Waals surface area contributed by atoms with Crippen LogP contribution in [0.3, 0.4) is 0 Å². The lowest BCUT2D eigenvalue weighted by Gasteiger charge is -2.33. The molecular formula is C18H19BrN2O5S2. The number of ether oxygens (including phenoxy) is 2. The maximum absolute atomic E-state index is 12.7. The molecule has 1 aromatic carbocycles. The molecule has 0 aliphatic carbocycles. The molecule has 0 bridgehead atoms. The fourth-order valence-corrected chi connectivity index (χ4v) is 6.81. The molecule has 3 heterocycles. The lowest BCUT2D eigenvalue weighted by molar-refractivity contribution is -0.131. The number of carbonyl (C=O) groups is 1. The van der Waals surface area contributed by atoms with E-state index in [-0.39, 0.29) is 12.3 Å². The van der Waals surface area contributed by atoms with E-state index >= 15 is 0 Å². The van der Waals surface area contributed by atoms with E-state index in [9.17, 15) is 13.2 Å². The van der Waals surface area contributed by atoms with E-state index in [0.717, 1.165) is 9.35 Å². The number of hydrogen-bond donors (Lipinski definition) is 0. The first kappa shape index (κ1) is 19.7. The summed E-state index contributed by atoms with van der Waals surface area (Å²) >= 11 is 4.49. The Hall–Kier alpha value is -1.62. The van der Waals surface area contributed by atoms with Gasteiger partial charge in [-0.3, -0.25) is 4.79 Å². The van der Waals surface area contributed by atoms with Crippen LogP contribution in [0.15, 0.2) is 38.3 Å². The van der Waals surface area contributed by atoms with Gasteiger partial charge in [-0.25, -0.2) is 8.42 Å². The highest BCUT2D eigenvalue weighted by atomic mass is 79.9. The minimum absolute atomic E-state index is 0.0207. The molecular weight excluding hydrogens is 468 g/mol. The third-order valence-electron chi connectivity index (χ3n) is 4.70. The summed E-state index contributed by atoms with van der Waals surface area (Å²) in [6.45, 7) is 2.39. The molecule has 1 amide bonds. The van der Waals surface area contributed by atoms with E-state index < -0.39 is 10.0 Å². The van der Waals surface area contributed by atoms with E-state index in [1.54, 1.807) is 17.0 Å². The molecule has 150 valence electrons. The Kier molecular flexibility index (Phi) is 5.64. The second-order valence-electron chi connectivity index (χ2n) is 6.50. The molecule has 1 fully saturated rings. The van der Waals surface area contributed by atoms with Crippen LogP contribution in [0.5, 0.6) is 11.5 Å². The summed E-state index contributed by atoms with van der Waals surface area (Å²) in [5, 5.41) is 0. The first-order valence-corrected chi connectivity index (χ1v) is 11.9. The molecule has 4 rings (SSSR count). The highest BCUT2D eigenvalue weighted by Gasteiger charge is 2.31. The number of hydrogen-bond acceptors (Lipinski definition) is 6. The van der Waals surface area contributed by atoms with E-state index in [4.69, 9.17) is 9.47 Å². The molecule has 0 atom stereocenters. The van der Waals surface area contributed by atoms with E-state index in [2.05, 4.69) is 15.9 Å².